The van der Waals surface area contributed by atoms with E-state index in [4.69, 9.17) is 9.47 Å². The van der Waals surface area contributed by atoms with Gasteiger partial charge in [-0.2, -0.15) is 0 Å². The van der Waals surface area contributed by atoms with Crippen LogP contribution in [0, 0.1) is 0 Å². The number of rotatable bonds is 7. The average Bonchev–Trinajstić information content (AvgIpc) is 3.49. The Morgan fingerprint density at radius 3 is 2.50 bits per heavy atom. The zero-order valence-electron chi connectivity index (χ0n) is 25.5. The number of carbonyl (C=O) groups is 2. The predicted molar refractivity (Wildman–Crippen MR) is 169 cm³/mol. The average molecular weight is 567 g/mol. The summed E-state index contributed by atoms with van der Waals surface area (Å²) in [6.07, 6.45) is 10.2. The van der Waals surface area contributed by atoms with Crippen LogP contribution in [0.5, 0.6) is 5.75 Å². The maximum absolute atomic E-state index is 13.9. The second-order valence-corrected chi connectivity index (χ2v) is 10.7. The summed E-state index contributed by atoms with van der Waals surface area (Å²) in [5.41, 5.74) is 6.59. The van der Waals surface area contributed by atoms with E-state index in [9.17, 15) is 9.59 Å². The third kappa shape index (κ3) is 6.43. The van der Waals surface area contributed by atoms with Crippen LogP contribution in [0.25, 0.3) is 10.9 Å². The van der Waals surface area contributed by atoms with E-state index in [2.05, 4.69) is 29.4 Å². The highest BCUT2D eigenvalue weighted by molar-refractivity contribution is 6.05. The van der Waals surface area contributed by atoms with Crippen molar-refractivity contribution in [3.63, 3.8) is 0 Å². The number of carbonyl (C=O) groups excluding carboxylic acids is 2. The number of aromatic amines is 1. The van der Waals surface area contributed by atoms with E-state index in [1.54, 1.807) is 7.11 Å². The molecule has 0 amide bonds. The zero-order chi connectivity index (χ0) is 30.2. The highest BCUT2D eigenvalue weighted by Gasteiger charge is 2.42. The van der Waals surface area contributed by atoms with Crippen molar-refractivity contribution >= 4 is 22.7 Å². The van der Waals surface area contributed by atoms with Crippen molar-refractivity contribution in [3.05, 3.63) is 112 Å². The lowest BCUT2D eigenvalue weighted by molar-refractivity contribution is -0.138. The number of hydrogen-bond acceptors (Lipinski definition) is 5. The molecule has 1 aliphatic carbocycles. The Bertz CT molecular complexity index is 1570. The van der Waals surface area contributed by atoms with Gasteiger partial charge in [0.1, 0.15) is 12.4 Å². The van der Waals surface area contributed by atoms with Gasteiger partial charge in [0.15, 0.2) is 5.78 Å². The van der Waals surface area contributed by atoms with Gasteiger partial charge >= 0.3 is 5.97 Å². The Balaban J connectivity index is 0.000000748. The Hall–Kier alpha value is -4.32. The van der Waals surface area contributed by atoms with E-state index in [0.717, 1.165) is 45.5 Å². The smallest absolute Gasteiger partial charge is 0.337 e. The molecule has 42 heavy (non-hydrogen) atoms. The number of fused-ring (bicyclic) bond motifs is 1. The van der Waals surface area contributed by atoms with E-state index in [-0.39, 0.29) is 18.3 Å². The van der Waals surface area contributed by atoms with Crippen LogP contribution in [0.4, 0.5) is 0 Å². The molecule has 220 valence electrons. The highest BCUT2D eigenvalue weighted by Crippen LogP contribution is 2.48. The summed E-state index contributed by atoms with van der Waals surface area (Å²) in [4.78, 5) is 30.7. The molecule has 0 unspecified atom stereocenters. The predicted octanol–water partition coefficient (Wildman–Crippen LogP) is 8.02. The van der Waals surface area contributed by atoms with Crippen molar-refractivity contribution in [2.24, 2.45) is 0 Å². The minimum absolute atomic E-state index is 0.0164. The first-order valence-electron chi connectivity index (χ1n) is 14.7. The second kappa shape index (κ2) is 14.0. The van der Waals surface area contributed by atoms with E-state index >= 15 is 0 Å². The van der Waals surface area contributed by atoms with Crippen molar-refractivity contribution in [3.8, 4) is 5.75 Å². The number of para-hydroxylation sites is 1. The number of benzene rings is 2. The quantitative estimate of drug-likeness (QED) is 0.224. The largest absolute Gasteiger partial charge is 0.496 e. The molecule has 0 radical (unpaired) electrons. The fourth-order valence-electron chi connectivity index (χ4n) is 5.78. The molecule has 2 N–H and O–H groups in total. The van der Waals surface area contributed by atoms with Gasteiger partial charge in [-0.3, -0.25) is 4.79 Å². The van der Waals surface area contributed by atoms with Crippen LogP contribution in [0.15, 0.2) is 101 Å². The van der Waals surface area contributed by atoms with E-state index < -0.39 is 11.9 Å². The Labute approximate surface area is 249 Å². The molecular weight excluding hydrogens is 524 g/mol. The van der Waals surface area contributed by atoms with Crippen molar-refractivity contribution in [2.45, 2.75) is 65.7 Å². The van der Waals surface area contributed by atoms with Crippen molar-refractivity contribution < 1.29 is 19.1 Å². The summed E-state index contributed by atoms with van der Waals surface area (Å²) in [5.74, 6) is -0.123. The third-order valence-corrected chi connectivity index (χ3v) is 7.96. The van der Waals surface area contributed by atoms with E-state index in [0.29, 0.717) is 29.7 Å². The molecule has 2 aliphatic rings. The number of hydrogen-bond donors (Lipinski definition) is 2. The van der Waals surface area contributed by atoms with Crippen molar-refractivity contribution in [1.82, 2.24) is 10.3 Å². The third-order valence-electron chi connectivity index (χ3n) is 7.96. The summed E-state index contributed by atoms with van der Waals surface area (Å²) < 4.78 is 11.3. The number of dihydropyridines is 1. The van der Waals surface area contributed by atoms with E-state index in [1.165, 1.54) is 0 Å². The normalized spacial score (nSPS) is 18.9. The van der Waals surface area contributed by atoms with Crippen LogP contribution in [-0.2, 0) is 14.3 Å². The van der Waals surface area contributed by atoms with Crippen LogP contribution < -0.4 is 10.1 Å². The molecule has 1 aliphatic heterocycles. The summed E-state index contributed by atoms with van der Waals surface area (Å²) in [5, 5.41) is 4.42. The Morgan fingerprint density at radius 1 is 1.05 bits per heavy atom. The lowest BCUT2D eigenvalue weighted by atomic mass is 9.71. The molecule has 0 bridgehead atoms. The first-order chi connectivity index (χ1) is 20.3. The molecular formula is C36H42N2O4. The van der Waals surface area contributed by atoms with Crippen LogP contribution >= 0.6 is 0 Å². The van der Waals surface area contributed by atoms with E-state index in [1.807, 2.05) is 88.5 Å². The molecule has 0 saturated heterocycles. The number of methoxy groups -OCH3 is 1. The van der Waals surface area contributed by atoms with Gasteiger partial charge in [-0.25, -0.2) is 4.79 Å². The lowest BCUT2D eigenvalue weighted by Gasteiger charge is -2.37. The molecule has 2 aromatic carbocycles. The van der Waals surface area contributed by atoms with Crippen molar-refractivity contribution in [2.75, 3.05) is 13.7 Å². The first kappa shape index (κ1) is 30.6. The second-order valence-electron chi connectivity index (χ2n) is 10.7. The molecule has 6 nitrogen and oxygen atoms in total. The zero-order valence-corrected chi connectivity index (χ0v) is 25.5. The first-order valence-corrected chi connectivity index (χ1v) is 14.7. The summed E-state index contributed by atoms with van der Waals surface area (Å²) in [6, 6.07) is 15.8. The fourth-order valence-corrected chi connectivity index (χ4v) is 5.78. The lowest BCUT2D eigenvalue weighted by Crippen LogP contribution is -2.36. The molecule has 2 atom stereocenters. The summed E-state index contributed by atoms with van der Waals surface area (Å²) >= 11 is 0. The van der Waals surface area contributed by atoms with Crippen LogP contribution in [0.1, 0.15) is 76.8 Å². The number of Topliss-reactive ketones (excluding diaryl/α,β-unsaturated/α-hetero) is 1. The summed E-state index contributed by atoms with van der Waals surface area (Å²) in [7, 11) is 1.65. The van der Waals surface area contributed by atoms with Gasteiger partial charge in [0.2, 0.25) is 0 Å². The van der Waals surface area contributed by atoms with Crippen LogP contribution in [-0.4, -0.2) is 30.5 Å². The van der Waals surface area contributed by atoms with Gasteiger partial charge in [0.25, 0.3) is 0 Å². The number of allylic oxidation sites excluding steroid dienone is 6. The molecule has 2 heterocycles. The Morgan fingerprint density at radius 2 is 1.81 bits per heavy atom. The number of aromatic nitrogens is 1. The Kier molecular flexibility index (Phi) is 10.2. The summed E-state index contributed by atoms with van der Waals surface area (Å²) in [6.45, 7) is 10.1. The molecule has 0 fully saturated rings. The molecule has 6 heteroatoms. The number of H-pyrrole nitrogens is 1. The minimum atomic E-state index is -0.514. The van der Waals surface area contributed by atoms with Crippen molar-refractivity contribution in [1.29, 1.82) is 0 Å². The SMILES string of the molecule is C/C=C(\C)COC(=O)C1=C(C)NC2=C(C(=O)C[C@H](c3ccccc3OC)C2)[C@@H]1c1cccc2[nH]ccc12.C/C=C\CC. The molecule has 0 saturated carbocycles. The number of ether oxygens (including phenoxy) is 2. The minimum Gasteiger partial charge on any atom is -0.496 e. The molecule has 0 spiro atoms. The van der Waals surface area contributed by atoms with Gasteiger partial charge in [-0.1, -0.05) is 55.5 Å². The van der Waals surface area contributed by atoms with Gasteiger partial charge in [-0.05, 0) is 75.4 Å². The number of nitrogens with one attached hydrogen (secondary N) is 2. The molecule has 1 aromatic heterocycles. The fraction of sp³-hybridized carbons (Fsp3) is 0.333. The molecule has 5 rings (SSSR count). The maximum Gasteiger partial charge on any atom is 0.337 e. The number of esters is 1. The molecule has 3 aromatic rings. The van der Waals surface area contributed by atoms with Gasteiger partial charge in [-0.15, -0.1) is 0 Å². The van der Waals surface area contributed by atoms with Gasteiger partial charge in [0, 0.05) is 52.3 Å². The van der Waals surface area contributed by atoms with Gasteiger partial charge in [0.05, 0.1) is 12.7 Å². The topological polar surface area (TPSA) is 80.4 Å². The maximum atomic E-state index is 13.9. The monoisotopic (exact) mass is 566 g/mol. The highest BCUT2D eigenvalue weighted by atomic mass is 16.5. The van der Waals surface area contributed by atoms with Crippen LogP contribution in [0.2, 0.25) is 0 Å². The standard InChI is InChI=1S/C31H32N2O4.C5H10/c1-5-18(2)17-37-31(35)28-19(3)33-25-15-20(21-9-6-7-12-27(21)36-4)16-26(34)30(25)29(28)23-10-8-11-24-22(23)13-14-32-24;1-3-5-4-2/h5-14,20,29,32-33H,15-17H2,1-4H3;3,5H,4H2,1-2H3/b18-5+;5-3-/t20-,29-;/m1./s1. The van der Waals surface area contributed by atoms with Gasteiger partial charge < -0.3 is 19.8 Å². The number of ketones is 1. The van der Waals surface area contributed by atoms with Crippen LogP contribution in [0.3, 0.4) is 0 Å².